The Morgan fingerprint density at radius 2 is 1.62 bits per heavy atom. The van der Waals surface area contributed by atoms with Gasteiger partial charge in [0.2, 0.25) is 0 Å². The average Bonchev–Trinajstić information content (AvgIpc) is 1.65. The van der Waals surface area contributed by atoms with E-state index in [2.05, 4.69) is 38.6 Å². The first-order valence-corrected chi connectivity index (χ1v) is 2.89. The number of quaternary nitrogens is 1. The highest BCUT2D eigenvalue weighted by atomic mass is 15.3. The molecule has 0 atom stereocenters. The van der Waals surface area contributed by atoms with Crippen molar-refractivity contribution in [3.05, 3.63) is 24.6 Å². The van der Waals surface area contributed by atoms with Gasteiger partial charge in [0.15, 0.2) is 0 Å². The van der Waals surface area contributed by atoms with E-state index in [0.29, 0.717) is 0 Å². The minimum atomic E-state index is 0.889. The molecule has 1 nitrogen and oxygen atoms in total. The summed E-state index contributed by atoms with van der Waals surface area (Å²) in [5.41, 5.74) is 0. The molecule has 1 aliphatic rings. The molecule has 1 heterocycles. The Balaban J connectivity index is 2.69. The summed E-state index contributed by atoms with van der Waals surface area (Å²) >= 11 is 0. The zero-order valence-electron chi connectivity index (χ0n) is 5.46. The lowest BCUT2D eigenvalue weighted by Crippen LogP contribution is -2.26. The van der Waals surface area contributed by atoms with Crippen LogP contribution in [0.2, 0.25) is 0 Å². The maximum Gasteiger partial charge on any atom is 0.0962 e. The number of allylic oxidation sites excluding steroid dienone is 2. The molecule has 0 saturated carbocycles. The number of nitrogens with zero attached hydrogens (tertiary/aromatic N) is 1. The predicted octanol–water partition coefficient (Wildman–Crippen LogP) is 1.49. The molecule has 0 N–H and O–H groups in total. The van der Waals surface area contributed by atoms with Gasteiger partial charge in [0, 0.05) is 0 Å². The standard InChI is InChI=1S/C7H12N/c1-8(2)6-4-3-5-7-8/h4-7H,3H2,1-2H3/q+1. The van der Waals surface area contributed by atoms with Crippen molar-refractivity contribution in [2.75, 3.05) is 14.1 Å². The van der Waals surface area contributed by atoms with Crippen molar-refractivity contribution in [2.24, 2.45) is 0 Å². The largest absolute Gasteiger partial charge is 0.276 e. The molecule has 0 aromatic carbocycles. The van der Waals surface area contributed by atoms with Crippen LogP contribution in [-0.2, 0) is 0 Å². The van der Waals surface area contributed by atoms with Crippen LogP contribution in [0.15, 0.2) is 24.6 Å². The Morgan fingerprint density at radius 1 is 1.12 bits per heavy atom. The highest BCUT2D eigenvalue weighted by molar-refractivity contribution is 4.92. The summed E-state index contributed by atoms with van der Waals surface area (Å²) in [4.78, 5) is 0. The monoisotopic (exact) mass is 110 g/mol. The molecular formula is C7H12N+. The summed E-state index contributed by atoms with van der Waals surface area (Å²) in [6, 6.07) is 0. The van der Waals surface area contributed by atoms with Crippen LogP contribution in [0.4, 0.5) is 0 Å². The molecule has 44 valence electrons. The van der Waals surface area contributed by atoms with Gasteiger partial charge in [0.25, 0.3) is 0 Å². The van der Waals surface area contributed by atoms with Crippen LogP contribution in [0.25, 0.3) is 0 Å². The van der Waals surface area contributed by atoms with E-state index in [4.69, 9.17) is 0 Å². The van der Waals surface area contributed by atoms with Crippen molar-refractivity contribution in [3.63, 3.8) is 0 Å². The molecule has 0 radical (unpaired) electrons. The van der Waals surface area contributed by atoms with E-state index < -0.39 is 0 Å². The molecule has 0 aromatic rings. The fourth-order valence-corrected chi connectivity index (χ4v) is 0.793. The summed E-state index contributed by atoms with van der Waals surface area (Å²) in [6.07, 6.45) is 9.82. The third-order valence-electron chi connectivity index (χ3n) is 1.25. The minimum Gasteiger partial charge on any atom is -0.276 e. The lowest BCUT2D eigenvalue weighted by Gasteiger charge is -2.20. The molecule has 0 aromatic heterocycles. The topological polar surface area (TPSA) is 0 Å². The van der Waals surface area contributed by atoms with E-state index in [1.165, 1.54) is 0 Å². The molecule has 0 aliphatic carbocycles. The molecule has 1 aliphatic heterocycles. The molecule has 0 bridgehead atoms. The van der Waals surface area contributed by atoms with Gasteiger partial charge in [-0.2, -0.15) is 0 Å². The molecule has 0 saturated heterocycles. The maximum atomic E-state index is 2.18. The fourth-order valence-electron chi connectivity index (χ4n) is 0.793. The smallest absolute Gasteiger partial charge is 0.0962 e. The molecule has 1 heteroatoms. The van der Waals surface area contributed by atoms with E-state index in [-0.39, 0.29) is 0 Å². The molecule has 8 heavy (non-hydrogen) atoms. The normalized spacial score (nSPS) is 23.8. The summed E-state index contributed by atoms with van der Waals surface area (Å²) in [7, 11) is 4.29. The quantitative estimate of drug-likeness (QED) is 0.414. The lowest BCUT2D eigenvalue weighted by molar-refractivity contribution is -0.785. The number of rotatable bonds is 0. The van der Waals surface area contributed by atoms with Crippen LogP contribution in [0.5, 0.6) is 0 Å². The highest BCUT2D eigenvalue weighted by Gasteiger charge is 2.06. The Bertz CT molecular complexity index is 117. The van der Waals surface area contributed by atoms with Gasteiger partial charge in [-0.05, 0) is 18.6 Å². The SMILES string of the molecule is C[N+]1(C)C=CCC=C1. The van der Waals surface area contributed by atoms with Gasteiger partial charge in [-0.15, -0.1) is 0 Å². The average molecular weight is 110 g/mol. The van der Waals surface area contributed by atoms with E-state index in [9.17, 15) is 0 Å². The van der Waals surface area contributed by atoms with Gasteiger partial charge in [-0.3, -0.25) is 4.48 Å². The third kappa shape index (κ3) is 1.20. The maximum absolute atomic E-state index is 2.18. The van der Waals surface area contributed by atoms with Crippen LogP contribution in [0.3, 0.4) is 0 Å². The minimum absolute atomic E-state index is 0.889. The first kappa shape index (κ1) is 5.57. The van der Waals surface area contributed by atoms with Crippen LogP contribution in [0.1, 0.15) is 6.42 Å². The predicted molar refractivity (Wildman–Crippen MR) is 35.0 cm³/mol. The van der Waals surface area contributed by atoms with Crippen molar-refractivity contribution in [1.29, 1.82) is 0 Å². The molecule has 1 rings (SSSR count). The number of hydrogen-bond acceptors (Lipinski definition) is 0. The van der Waals surface area contributed by atoms with Gasteiger partial charge in [-0.25, -0.2) is 0 Å². The van der Waals surface area contributed by atoms with Gasteiger partial charge in [-0.1, -0.05) is 0 Å². The second kappa shape index (κ2) is 1.75. The van der Waals surface area contributed by atoms with E-state index in [1.54, 1.807) is 0 Å². The summed E-state index contributed by atoms with van der Waals surface area (Å²) < 4.78 is 0.889. The van der Waals surface area contributed by atoms with Crippen LogP contribution in [-0.4, -0.2) is 18.6 Å². The van der Waals surface area contributed by atoms with Crippen molar-refractivity contribution >= 4 is 0 Å². The Hall–Kier alpha value is -0.560. The van der Waals surface area contributed by atoms with Crippen LogP contribution in [0, 0.1) is 0 Å². The zero-order chi connectivity index (χ0) is 6.04. The first-order chi connectivity index (χ1) is 3.71. The van der Waals surface area contributed by atoms with Gasteiger partial charge < -0.3 is 0 Å². The van der Waals surface area contributed by atoms with Crippen LogP contribution < -0.4 is 0 Å². The summed E-state index contributed by atoms with van der Waals surface area (Å²) in [5.74, 6) is 0. The van der Waals surface area contributed by atoms with E-state index >= 15 is 0 Å². The van der Waals surface area contributed by atoms with Crippen molar-refractivity contribution in [2.45, 2.75) is 6.42 Å². The van der Waals surface area contributed by atoms with Gasteiger partial charge in [0.05, 0.1) is 26.5 Å². The van der Waals surface area contributed by atoms with Crippen molar-refractivity contribution in [1.82, 2.24) is 0 Å². The molecule has 0 spiro atoms. The molecule has 0 amide bonds. The second-order valence-electron chi connectivity index (χ2n) is 2.63. The third-order valence-corrected chi connectivity index (χ3v) is 1.25. The van der Waals surface area contributed by atoms with Crippen molar-refractivity contribution in [3.8, 4) is 0 Å². The van der Waals surface area contributed by atoms with Gasteiger partial charge in [0.1, 0.15) is 0 Å². The molecule has 0 fully saturated rings. The Kier molecular flexibility index (Phi) is 1.22. The van der Waals surface area contributed by atoms with Crippen molar-refractivity contribution < 1.29 is 4.48 Å². The molecular weight excluding hydrogens is 98.1 g/mol. The van der Waals surface area contributed by atoms with E-state index in [1.807, 2.05) is 0 Å². The first-order valence-electron chi connectivity index (χ1n) is 2.89. The lowest BCUT2D eigenvalue weighted by atomic mass is 10.3. The number of hydrogen-bond donors (Lipinski definition) is 0. The second-order valence-corrected chi connectivity index (χ2v) is 2.63. The zero-order valence-corrected chi connectivity index (χ0v) is 5.46. The van der Waals surface area contributed by atoms with Gasteiger partial charge >= 0.3 is 0 Å². The Labute approximate surface area is 50.5 Å². The fraction of sp³-hybridized carbons (Fsp3) is 0.429. The summed E-state index contributed by atoms with van der Waals surface area (Å²) in [6.45, 7) is 0. The van der Waals surface area contributed by atoms with E-state index in [0.717, 1.165) is 10.9 Å². The summed E-state index contributed by atoms with van der Waals surface area (Å²) in [5, 5.41) is 0. The Morgan fingerprint density at radius 3 is 1.88 bits per heavy atom. The highest BCUT2D eigenvalue weighted by Crippen LogP contribution is 2.06. The van der Waals surface area contributed by atoms with Crippen LogP contribution >= 0.6 is 0 Å². The molecule has 0 unspecified atom stereocenters.